The van der Waals surface area contributed by atoms with Crippen molar-refractivity contribution < 1.29 is 8.42 Å². The highest BCUT2D eigenvalue weighted by Gasteiger charge is 2.36. The number of sulfonamides is 1. The Labute approximate surface area is 123 Å². The monoisotopic (exact) mass is 316 g/mol. The molecular weight excluding hydrogens is 300 g/mol. The van der Waals surface area contributed by atoms with Crippen LogP contribution in [0.5, 0.6) is 0 Å². The van der Waals surface area contributed by atoms with Gasteiger partial charge in [0.15, 0.2) is 0 Å². The van der Waals surface area contributed by atoms with Gasteiger partial charge in [0.2, 0.25) is 15.3 Å². The molecule has 2 saturated heterocycles. The third-order valence-corrected chi connectivity index (χ3v) is 6.03. The smallest absolute Gasteiger partial charge is 0.246 e. The topological polar surface area (TPSA) is 66.4 Å². The van der Waals surface area contributed by atoms with Crippen molar-refractivity contribution in [3.63, 3.8) is 0 Å². The van der Waals surface area contributed by atoms with Crippen molar-refractivity contribution in [2.45, 2.75) is 30.2 Å². The van der Waals surface area contributed by atoms with Crippen LogP contribution in [0.4, 0.5) is 0 Å². The van der Waals surface area contributed by atoms with E-state index in [0.717, 1.165) is 19.5 Å². The number of halogens is 1. The first kappa shape index (κ1) is 14.2. The molecule has 0 N–H and O–H groups in total. The molecule has 0 amide bonds. The van der Waals surface area contributed by atoms with E-state index < -0.39 is 10.0 Å². The van der Waals surface area contributed by atoms with Crippen LogP contribution in [0.25, 0.3) is 0 Å². The highest BCUT2D eigenvalue weighted by Crippen LogP contribution is 2.25. The largest absolute Gasteiger partial charge is 0.299 e. The fourth-order valence-corrected chi connectivity index (χ4v) is 4.40. The van der Waals surface area contributed by atoms with Gasteiger partial charge in [0.05, 0.1) is 12.4 Å². The second-order valence-electron chi connectivity index (χ2n) is 5.24. The van der Waals surface area contributed by atoms with Crippen LogP contribution >= 0.6 is 11.6 Å². The predicted octanol–water partition coefficient (Wildman–Crippen LogP) is 0.989. The zero-order valence-corrected chi connectivity index (χ0v) is 12.6. The molecule has 0 bridgehead atoms. The third kappa shape index (κ3) is 2.67. The first-order valence-electron chi connectivity index (χ1n) is 6.79. The van der Waals surface area contributed by atoms with Gasteiger partial charge >= 0.3 is 0 Å². The second kappa shape index (κ2) is 5.55. The molecule has 1 unspecified atom stereocenters. The Morgan fingerprint density at radius 2 is 1.80 bits per heavy atom. The quantitative estimate of drug-likeness (QED) is 0.778. The van der Waals surface area contributed by atoms with E-state index in [1.54, 1.807) is 0 Å². The summed E-state index contributed by atoms with van der Waals surface area (Å²) in [6.45, 7) is 3.29. The maximum Gasteiger partial charge on any atom is 0.246 e. The molecule has 2 fully saturated rings. The predicted molar refractivity (Wildman–Crippen MR) is 75.0 cm³/mol. The van der Waals surface area contributed by atoms with E-state index >= 15 is 0 Å². The van der Waals surface area contributed by atoms with Crippen LogP contribution in [0.3, 0.4) is 0 Å². The fourth-order valence-electron chi connectivity index (χ4n) is 2.92. The highest BCUT2D eigenvalue weighted by atomic mass is 35.5. The van der Waals surface area contributed by atoms with Crippen molar-refractivity contribution >= 4 is 21.6 Å². The molecule has 3 rings (SSSR count). The van der Waals surface area contributed by atoms with Crippen LogP contribution in [0.2, 0.25) is 5.28 Å². The molecule has 0 saturated carbocycles. The van der Waals surface area contributed by atoms with Gasteiger partial charge in [-0.2, -0.15) is 4.31 Å². The van der Waals surface area contributed by atoms with Gasteiger partial charge in [0.1, 0.15) is 4.90 Å². The molecule has 0 aromatic carbocycles. The summed E-state index contributed by atoms with van der Waals surface area (Å²) in [4.78, 5) is 10.0. The van der Waals surface area contributed by atoms with Gasteiger partial charge < -0.3 is 0 Å². The minimum absolute atomic E-state index is 0.0558. The molecule has 2 aliphatic rings. The van der Waals surface area contributed by atoms with Crippen LogP contribution in [0.15, 0.2) is 17.3 Å². The second-order valence-corrected chi connectivity index (χ2v) is 7.51. The molecule has 0 spiro atoms. The zero-order valence-electron chi connectivity index (χ0n) is 11.1. The van der Waals surface area contributed by atoms with E-state index in [1.165, 1.54) is 29.5 Å². The van der Waals surface area contributed by atoms with Gasteiger partial charge in [-0.25, -0.2) is 18.4 Å². The van der Waals surface area contributed by atoms with E-state index in [-0.39, 0.29) is 10.2 Å². The highest BCUT2D eigenvalue weighted by molar-refractivity contribution is 7.89. The number of likely N-dealkylation sites (tertiary alicyclic amines) is 1. The summed E-state index contributed by atoms with van der Waals surface area (Å²) in [5.41, 5.74) is 0. The van der Waals surface area contributed by atoms with E-state index in [4.69, 9.17) is 11.6 Å². The summed E-state index contributed by atoms with van der Waals surface area (Å²) in [5, 5.41) is 0.0558. The van der Waals surface area contributed by atoms with E-state index in [9.17, 15) is 8.42 Å². The number of nitrogens with zero attached hydrogens (tertiary/aromatic N) is 4. The lowest BCUT2D eigenvalue weighted by Crippen LogP contribution is -2.37. The minimum Gasteiger partial charge on any atom is -0.299 e. The lowest BCUT2D eigenvalue weighted by molar-refractivity contribution is 0.251. The maximum atomic E-state index is 12.5. The Bertz CT molecular complexity index is 572. The summed E-state index contributed by atoms with van der Waals surface area (Å²) in [5.74, 6) is 0. The average molecular weight is 317 g/mol. The van der Waals surface area contributed by atoms with Crippen molar-refractivity contribution in [2.24, 2.45) is 0 Å². The molecule has 2 aliphatic heterocycles. The summed E-state index contributed by atoms with van der Waals surface area (Å²) >= 11 is 5.59. The Kier molecular flexibility index (Phi) is 3.94. The third-order valence-electron chi connectivity index (χ3n) is 4.02. The molecule has 0 radical (unpaired) electrons. The number of hydrogen-bond acceptors (Lipinski definition) is 5. The summed E-state index contributed by atoms with van der Waals surface area (Å²) in [6.07, 6.45) is 5.87. The van der Waals surface area contributed by atoms with E-state index in [0.29, 0.717) is 19.1 Å². The van der Waals surface area contributed by atoms with Crippen molar-refractivity contribution in [3.8, 4) is 0 Å². The molecule has 0 aliphatic carbocycles. The molecule has 1 aromatic heterocycles. The SMILES string of the molecule is O=S(=O)(c1cnc(Cl)nc1)N1CCC(N2CCCC2)C1. The fraction of sp³-hybridized carbons (Fsp3) is 0.667. The van der Waals surface area contributed by atoms with Crippen LogP contribution in [0.1, 0.15) is 19.3 Å². The lowest BCUT2D eigenvalue weighted by atomic mass is 10.2. The van der Waals surface area contributed by atoms with Gasteiger partial charge in [0, 0.05) is 19.1 Å². The summed E-state index contributed by atoms with van der Waals surface area (Å²) in [6, 6.07) is 0.348. The van der Waals surface area contributed by atoms with Crippen molar-refractivity contribution in [1.82, 2.24) is 19.2 Å². The van der Waals surface area contributed by atoms with Gasteiger partial charge in [-0.05, 0) is 44.0 Å². The van der Waals surface area contributed by atoms with Gasteiger partial charge in [-0.3, -0.25) is 4.90 Å². The van der Waals surface area contributed by atoms with Crippen LogP contribution in [0, 0.1) is 0 Å². The standard InChI is InChI=1S/C12H17ClN4O2S/c13-12-14-7-11(8-15-12)20(18,19)17-6-3-10(9-17)16-4-1-2-5-16/h7-8,10H,1-6,9H2. The first-order chi connectivity index (χ1) is 9.57. The lowest BCUT2D eigenvalue weighted by Gasteiger charge is -2.23. The van der Waals surface area contributed by atoms with Crippen LogP contribution in [-0.4, -0.2) is 59.8 Å². The Balaban J connectivity index is 1.74. The van der Waals surface area contributed by atoms with Gasteiger partial charge in [-0.15, -0.1) is 0 Å². The van der Waals surface area contributed by atoms with Crippen molar-refractivity contribution in [2.75, 3.05) is 26.2 Å². The Morgan fingerprint density at radius 3 is 2.45 bits per heavy atom. The van der Waals surface area contributed by atoms with Gasteiger partial charge in [-0.1, -0.05) is 0 Å². The number of hydrogen-bond donors (Lipinski definition) is 0. The average Bonchev–Trinajstić information content (AvgIpc) is 3.10. The molecule has 6 nitrogen and oxygen atoms in total. The molecule has 3 heterocycles. The normalized spacial score (nSPS) is 25.4. The summed E-state index contributed by atoms with van der Waals surface area (Å²) < 4.78 is 26.5. The van der Waals surface area contributed by atoms with Crippen molar-refractivity contribution in [3.05, 3.63) is 17.7 Å². The molecular formula is C12H17ClN4O2S. The molecule has 110 valence electrons. The molecule has 1 aromatic rings. The number of rotatable bonds is 3. The Hall–Kier alpha value is -0.760. The van der Waals surface area contributed by atoms with Crippen LogP contribution < -0.4 is 0 Å². The minimum atomic E-state index is -3.49. The van der Waals surface area contributed by atoms with E-state index in [2.05, 4.69) is 14.9 Å². The molecule has 8 heteroatoms. The van der Waals surface area contributed by atoms with Crippen molar-refractivity contribution in [1.29, 1.82) is 0 Å². The zero-order chi connectivity index (χ0) is 14.2. The summed E-state index contributed by atoms with van der Waals surface area (Å²) in [7, 11) is -3.49. The maximum absolute atomic E-state index is 12.5. The van der Waals surface area contributed by atoms with E-state index in [1.807, 2.05) is 0 Å². The molecule has 20 heavy (non-hydrogen) atoms. The van der Waals surface area contributed by atoms with Gasteiger partial charge in [0.25, 0.3) is 0 Å². The molecule has 1 atom stereocenters. The Morgan fingerprint density at radius 1 is 1.15 bits per heavy atom. The number of aromatic nitrogens is 2. The van der Waals surface area contributed by atoms with Crippen LogP contribution in [-0.2, 0) is 10.0 Å². The first-order valence-corrected chi connectivity index (χ1v) is 8.61.